The number of nitrogens with zero attached hydrogens (tertiary/aromatic N) is 3. The first kappa shape index (κ1) is 18.2. The molecule has 0 bridgehead atoms. The molecule has 3 heterocycles. The van der Waals surface area contributed by atoms with Gasteiger partial charge in [0.2, 0.25) is 5.13 Å². The summed E-state index contributed by atoms with van der Waals surface area (Å²) in [5.41, 5.74) is 4.65. The summed E-state index contributed by atoms with van der Waals surface area (Å²) in [6.07, 6.45) is 2.27. The number of anilines is 1. The molecule has 0 unspecified atom stereocenters. The highest BCUT2D eigenvalue weighted by molar-refractivity contribution is 7.17. The molecule has 9 heteroatoms. The van der Waals surface area contributed by atoms with Gasteiger partial charge in [0.25, 0.3) is 5.91 Å². The van der Waals surface area contributed by atoms with E-state index in [2.05, 4.69) is 10.4 Å². The molecule has 1 amide bonds. The van der Waals surface area contributed by atoms with Crippen molar-refractivity contribution in [3.8, 4) is 5.75 Å². The first-order valence-corrected chi connectivity index (χ1v) is 9.45. The Bertz CT molecular complexity index is 1010. The van der Waals surface area contributed by atoms with Gasteiger partial charge in [0, 0.05) is 6.42 Å². The monoisotopic (exact) mass is 397 g/mol. The fraction of sp³-hybridized carbons (Fsp3) is 0.211. The first-order valence-electron chi connectivity index (χ1n) is 8.63. The maximum Gasteiger partial charge on any atom is 0.277 e. The first-order chi connectivity index (χ1) is 13.6. The summed E-state index contributed by atoms with van der Waals surface area (Å²) in [5.74, 6) is 6.42. The number of aryl methyl sites for hydroxylation is 1. The lowest BCUT2D eigenvalue weighted by molar-refractivity contribution is 0.0957. The molecule has 3 aromatic rings. The van der Waals surface area contributed by atoms with Gasteiger partial charge in [0.15, 0.2) is 0 Å². The molecule has 0 radical (unpaired) electrons. The van der Waals surface area contributed by atoms with Gasteiger partial charge in [-0.3, -0.25) is 10.2 Å². The number of nitrogen functional groups attached to an aromatic ring is 1. The smallest absolute Gasteiger partial charge is 0.277 e. The zero-order valence-corrected chi connectivity index (χ0v) is 16.2. The van der Waals surface area contributed by atoms with E-state index in [0.29, 0.717) is 27.9 Å². The molecule has 28 heavy (non-hydrogen) atoms. The van der Waals surface area contributed by atoms with E-state index < -0.39 is 0 Å². The third kappa shape index (κ3) is 3.25. The van der Waals surface area contributed by atoms with Crippen LogP contribution in [0.1, 0.15) is 39.2 Å². The Labute approximate surface area is 165 Å². The molecule has 1 aromatic carbocycles. The summed E-state index contributed by atoms with van der Waals surface area (Å²) in [6.45, 7) is 1.78. The topological polar surface area (TPSA) is 106 Å². The highest BCUT2D eigenvalue weighted by atomic mass is 32.1. The number of thiazole rings is 1. The van der Waals surface area contributed by atoms with Crippen LogP contribution in [0.25, 0.3) is 0 Å². The van der Waals surface area contributed by atoms with Gasteiger partial charge in [-0.25, -0.2) is 15.8 Å². The number of nitrogens with one attached hydrogen (secondary N) is 1. The number of aromatic nitrogens is 1. The fourth-order valence-corrected chi connectivity index (χ4v) is 4.09. The van der Waals surface area contributed by atoms with Gasteiger partial charge >= 0.3 is 0 Å². The van der Waals surface area contributed by atoms with Crippen molar-refractivity contribution >= 4 is 28.1 Å². The number of carbonyl (C=O) groups is 1. The molecule has 0 saturated carbocycles. The van der Waals surface area contributed by atoms with Crippen molar-refractivity contribution in [2.24, 2.45) is 10.9 Å². The van der Waals surface area contributed by atoms with Crippen molar-refractivity contribution < 1.29 is 13.9 Å². The molecule has 1 atom stereocenters. The number of hydrazine groups is 1. The standard InChI is InChI=1S/C19H19N5O3S/c1-11-17(18(25)22-20)28-19(21-11)24-15(12-5-7-13(26-2)8-6-12)10-14(23-24)16-4-3-9-27-16/h3-9,15H,10,20H2,1-2H3,(H,22,25)/t15-/m0/s1. The number of rotatable bonds is 5. The highest BCUT2D eigenvalue weighted by Crippen LogP contribution is 2.39. The van der Waals surface area contributed by atoms with Crippen LogP contribution in [0.5, 0.6) is 5.75 Å². The maximum atomic E-state index is 12.0. The number of hydrazone groups is 1. The molecule has 2 aromatic heterocycles. The third-order valence-corrected chi connectivity index (χ3v) is 5.68. The van der Waals surface area contributed by atoms with Gasteiger partial charge in [-0.15, -0.1) is 0 Å². The summed E-state index contributed by atoms with van der Waals surface area (Å²) < 4.78 is 10.8. The molecule has 144 valence electrons. The van der Waals surface area contributed by atoms with E-state index in [1.165, 1.54) is 11.3 Å². The number of hydrogen-bond donors (Lipinski definition) is 2. The number of hydrogen-bond acceptors (Lipinski definition) is 8. The lowest BCUT2D eigenvalue weighted by atomic mass is 10.0. The molecule has 4 rings (SSSR count). The third-order valence-electron chi connectivity index (χ3n) is 4.54. The second-order valence-electron chi connectivity index (χ2n) is 6.25. The Balaban J connectivity index is 1.74. The SMILES string of the molecule is COc1ccc([C@@H]2CC(c3ccco3)=NN2c2nc(C)c(C(=O)NN)s2)cc1. The van der Waals surface area contributed by atoms with Crippen LogP contribution in [0, 0.1) is 6.92 Å². The molecular formula is C19H19N5O3S. The van der Waals surface area contributed by atoms with E-state index in [1.54, 1.807) is 20.3 Å². The van der Waals surface area contributed by atoms with Gasteiger partial charge in [-0.05, 0) is 36.8 Å². The average molecular weight is 397 g/mol. The number of nitrogens with two attached hydrogens (primary N) is 1. The number of amides is 1. The summed E-state index contributed by atoms with van der Waals surface area (Å²) in [7, 11) is 1.64. The van der Waals surface area contributed by atoms with Crippen molar-refractivity contribution in [1.29, 1.82) is 0 Å². The molecule has 0 saturated heterocycles. The number of ether oxygens (including phenoxy) is 1. The number of furan rings is 1. The molecule has 0 spiro atoms. The van der Waals surface area contributed by atoms with Crippen LogP contribution in [0.15, 0.2) is 52.2 Å². The van der Waals surface area contributed by atoms with Crippen molar-refractivity contribution in [3.63, 3.8) is 0 Å². The Hall–Kier alpha value is -3.17. The summed E-state index contributed by atoms with van der Waals surface area (Å²) >= 11 is 1.26. The van der Waals surface area contributed by atoms with Crippen LogP contribution in [0.4, 0.5) is 5.13 Å². The molecule has 1 aliphatic rings. The zero-order valence-electron chi connectivity index (χ0n) is 15.4. The summed E-state index contributed by atoms with van der Waals surface area (Å²) in [5, 5.41) is 7.21. The molecule has 8 nitrogen and oxygen atoms in total. The number of carbonyl (C=O) groups excluding carboxylic acids is 1. The Kier molecular flexibility index (Phi) is 4.84. The molecular weight excluding hydrogens is 378 g/mol. The quantitative estimate of drug-likeness (QED) is 0.389. The van der Waals surface area contributed by atoms with Crippen LogP contribution in [0.3, 0.4) is 0 Å². The predicted molar refractivity (Wildman–Crippen MR) is 107 cm³/mol. The lowest BCUT2D eigenvalue weighted by Gasteiger charge is -2.21. The minimum Gasteiger partial charge on any atom is -0.497 e. The minimum absolute atomic E-state index is 0.0784. The van der Waals surface area contributed by atoms with Gasteiger partial charge in [-0.1, -0.05) is 23.5 Å². The highest BCUT2D eigenvalue weighted by Gasteiger charge is 2.33. The van der Waals surface area contributed by atoms with Crippen molar-refractivity contribution in [1.82, 2.24) is 10.4 Å². The molecule has 3 N–H and O–H groups in total. The summed E-state index contributed by atoms with van der Waals surface area (Å²) in [4.78, 5) is 17.0. The lowest BCUT2D eigenvalue weighted by Crippen LogP contribution is -2.29. The minimum atomic E-state index is -0.364. The van der Waals surface area contributed by atoms with Crippen LogP contribution < -0.4 is 21.0 Å². The summed E-state index contributed by atoms with van der Waals surface area (Å²) in [6, 6.07) is 11.5. The molecule has 1 aliphatic heterocycles. The van der Waals surface area contributed by atoms with E-state index >= 15 is 0 Å². The maximum absolute atomic E-state index is 12.0. The van der Waals surface area contributed by atoms with Crippen LogP contribution >= 0.6 is 11.3 Å². The van der Waals surface area contributed by atoms with E-state index in [-0.39, 0.29) is 11.9 Å². The van der Waals surface area contributed by atoms with E-state index in [1.807, 2.05) is 41.4 Å². The Morgan fingerprint density at radius 2 is 2.14 bits per heavy atom. The Morgan fingerprint density at radius 3 is 2.79 bits per heavy atom. The Morgan fingerprint density at radius 1 is 1.36 bits per heavy atom. The number of benzene rings is 1. The van der Waals surface area contributed by atoms with E-state index in [0.717, 1.165) is 17.0 Å². The molecule has 0 fully saturated rings. The van der Waals surface area contributed by atoms with Gasteiger partial charge < -0.3 is 9.15 Å². The van der Waals surface area contributed by atoms with Crippen molar-refractivity contribution in [2.75, 3.05) is 12.1 Å². The fourth-order valence-electron chi connectivity index (χ4n) is 3.12. The van der Waals surface area contributed by atoms with Crippen molar-refractivity contribution in [2.45, 2.75) is 19.4 Å². The van der Waals surface area contributed by atoms with Crippen LogP contribution in [-0.4, -0.2) is 23.7 Å². The zero-order chi connectivity index (χ0) is 19.7. The van der Waals surface area contributed by atoms with E-state index in [9.17, 15) is 4.79 Å². The largest absolute Gasteiger partial charge is 0.497 e. The van der Waals surface area contributed by atoms with Gasteiger partial charge in [-0.2, -0.15) is 5.10 Å². The van der Waals surface area contributed by atoms with Crippen molar-refractivity contribution in [3.05, 3.63) is 64.6 Å². The molecule has 0 aliphatic carbocycles. The number of methoxy groups -OCH3 is 1. The normalized spacial score (nSPS) is 16.2. The second-order valence-corrected chi connectivity index (χ2v) is 7.22. The van der Waals surface area contributed by atoms with Gasteiger partial charge in [0.05, 0.1) is 25.1 Å². The second kappa shape index (κ2) is 7.45. The van der Waals surface area contributed by atoms with Gasteiger partial charge in [0.1, 0.15) is 22.1 Å². The van der Waals surface area contributed by atoms with E-state index in [4.69, 9.17) is 20.1 Å². The average Bonchev–Trinajstić information content (AvgIpc) is 3.46. The predicted octanol–water partition coefficient (Wildman–Crippen LogP) is 3.01. The van der Waals surface area contributed by atoms with Crippen LogP contribution in [-0.2, 0) is 0 Å². The van der Waals surface area contributed by atoms with Crippen LogP contribution in [0.2, 0.25) is 0 Å².